The van der Waals surface area contributed by atoms with E-state index in [1.807, 2.05) is 0 Å². The first-order chi connectivity index (χ1) is 36.0. The summed E-state index contributed by atoms with van der Waals surface area (Å²) in [6.07, 6.45) is 0. The number of rotatable bonds is 2. The zero-order valence-corrected chi connectivity index (χ0v) is 40.6. The van der Waals surface area contributed by atoms with E-state index in [0.717, 1.165) is 0 Å². The van der Waals surface area contributed by atoms with Gasteiger partial charge in [0.15, 0.2) is 0 Å². The van der Waals surface area contributed by atoms with Crippen molar-refractivity contribution in [3.63, 3.8) is 0 Å². The molecule has 77 heavy (non-hydrogen) atoms. The first-order valence-electron chi connectivity index (χ1n) is 22.7. The van der Waals surface area contributed by atoms with E-state index < -0.39 is 0 Å². The Balaban J connectivity index is 1.48. The highest BCUT2D eigenvalue weighted by Gasteiger charge is 2.32. The highest BCUT2D eigenvalue weighted by Crippen LogP contribution is 2.43. The maximum absolute atomic E-state index is 7.55. The van der Waals surface area contributed by atoms with Crippen molar-refractivity contribution in [3.05, 3.63) is 0 Å². The average molecular weight is 895 g/mol. The van der Waals surface area contributed by atoms with Crippen LogP contribution in [-0.4, -0.2) is 220 Å². The predicted molar refractivity (Wildman–Crippen MR) is 360 cm³/mol. The van der Waals surface area contributed by atoms with Gasteiger partial charge in [0.25, 0.3) is 0 Å². The lowest BCUT2D eigenvalue weighted by Crippen LogP contribution is -2.51. The zero-order valence-electron chi connectivity index (χ0n) is 40.6. The van der Waals surface area contributed by atoms with E-state index in [0.29, 0.717) is 0 Å². The van der Waals surface area contributed by atoms with Crippen LogP contribution in [0, 0.1) is 0 Å². The van der Waals surface area contributed by atoms with Gasteiger partial charge in [-0.05, 0) is 92.4 Å². The fourth-order valence-electron chi connectivity index (χ4n) is 11.5. The Kier molecular flexibility index (Phi) is 12.7. The molecular weight excluding hydrogens is 895 g/mol. The van der Waals surface area contributed by atoms with Crippen LogP contribution >= 0.6 is 0 Å². The largest absolute Gasteiger partial charge is 0.457 e. The number of benzene rings is 10. The summed E-state index contributed by atoms with van der Waals surface area (Å²) < 4.78 is 6.40. The van der Waals surface area contributed by atoms with E-state index in [1.54, 1.807) is 0 Å². The highest BCUT2D eigenvalue weighted by atomic mass is 16.3. The van der Waals surface area contributed by atoms with Gasteiger partial charge >= 0.3 is 0 Å². The fraction of sp³-hybridized carbons (Fsp3) is 0. The maximum atomic E-state index is 7.55. The molecule has 0 saturated heterocycles. The van der Waals surface area contributed by atoms with Gasteiger partial charge in [-0.3, -0.25) is 0 Å². The molecule has 0 unspecified atom stereocenters. The molecule has 0 aliphatic carbocycles. The lowest BCUT2D eigenvalue weighted by molar-refractivity contribution is 0.675. The Hall–Kier alpha value is -4.62. The molecule has 1 heterocycles. The lowest BCUT2D eigenvalue weighted by Gasteiger charge is -2.33. The van der Waals surface area contributed by atoms with E-state index in [4.69, 9.17) is 224 Å². The van der Waals surface area contributed by atoms with Gasteiger partial charge in [0.1, 0.15) is 231 Å². The van der Waals surface area contributed by atoms with E-state index in [1.165, 1.54) is 0 Å². The molecule has 0 N–H and O–H groups in total. The number of hydrogen-bond acceptors (Lipinski definition) is 1. The first-order valence-corrected chi connectivity index (χ1v) is 22.7. The summed E-state index contributed by atoms with van der Waals surface area (Å²) in [5.41, 5.74) is -4.24. The van der Waals surface area contributed by atoms with Crippen molar-refractivity contribution in [2.45, 2.75) is 0 Å². The Labute approximate surface area is 482 Å². The minimum Gasteiger partial charge on any atom is -0.457 e. The second-order valence-electron chi connectivity index (χ2n) is 19.1. The molecule has 1 nitrogen and oxygen atoms in total. The van der Waals surface area contributed by atoms with Crippen molar-refractivity contribution in [2.75, 3.05) is 0 Å². The molecule has 56 radical (unpaired) electrons. The molecular formula is C48B28O. The van der Waals surface area contributed by atoms with E-state index in [-0.39, 0.29) is 262 Å². The minimum atomic E-state index is -0.222. The molecule has 0 fully saturated rings. The molecule has 29 heteroatoms. The quantitative estimate of drug-likeness (QED) is 0.0957. The predicted octanol–water partition coefficient (Wildman–Crippen LogP) is -19.9. The fourth-order valence-corrected chi connectivity index (χ4v) is 11.5. The van der Waals surface area contributed by atoms with Crippen molar-refractivity contribution in [2.24, 2.45) is 0 Å². The smallest absolute Gasteiger partial charge is 0.128 e. The monoisotopic (exact) mass is 900 g/mol. The van der Waals surface area contributed by atoms with Crippen LogP contribution in [0.2, 0.25) is 0 Å². The van der Waals surface area contributed by atoms with Crippen LogP contribution in [0.15, 0.2) is 4.42 Å². The van der Waals surface area contributed by atoms with Gasteiger partial charge in [-0.1, -0.05) is 92.9 Å². The van der Waals surface area contributed by atoms with Crippen LogP contribution in [0.3, 0.4) is 0 Å². The normalized spacial score (nSPS) is 12.1. The maximum Gasteiger partial charge on any atom is 0.128 e. The highest BCUT2D eigenvalue weighted by molar-refractivity contribution is 6.79. The van der Waals surface area contributed by atoms with Crippen molar-refractivity contribution < 1.29 is 4.42 Å². The third-order valence-corrected chi connectivity index (χ3v) is 15.5. The molecule has 0 aliphatic rings. The summed E-state index contributed by atoms with van der Waals surface area (Å²) in [6.45, 7) is 0. The van der Waals surface area contributed by atoms with Crippen molar-refractivity contribution in [1.29, 1.82) is 0 Å². The van der Waals surface area contributed by atoms with E-state index in [2.05, 4.69) is 0 Å². The van der Waals surface area contributed by atoms with Gasteiger partial charge in [-0.2, -0.15) is 0 Å². The number of fused-ring (bicyclic) bond motifs is 11. The van der Waals surface area contributed by atoms with Crippen LogP contribution in [0.4, 0.5) is 0 Å². The van der Waals surface area contributed by atoms with Gasteiger partial charge in [-0.15, -0.1) is 54.6 Å². The standard InChI is InChI=1S/C48B28O/c49-19-4(11-9(26(56)40(70)42(72)28(11)58)3-10-14(30(60)29(59)12(3)19)31(61)43(73)41(71)27(10)57)1-5-7(24(54)38(68)36(66)22(5)52)2(8-6(1)23(53)37(67)39(69)25(8)55)13-20(50)18-17-21(51)15-16(33(63)45(75)44(74)32(15)62)35(65)47(17)77-48(18)46(76)34(13)64. The average Bonchev–Trinajstić information content (AvgIpc) is 3.86. The van der Waals surface area contributed by atoms with Gasteiger partial charge in [0, 0.05) is 10.8 Å². The van der Waals surface area contributed by atoms with Crippen LogP contribution in [0.1, 0.15) is 0 Å². The Morgan fingerprint density at radius 2 is 0.338 bits per heavy atom. The van der Waals surface area contributed by atoms with Crippen LogP contribution in [0.5, 0.6) is 0 Å². The van der Waals surface area contributed by atoms with Gasteiger partial charge in [-0.25, -0.2) is 0 Å². The lowest BCUT2D eigenvalue weighted by atomic mass is 9.56. The second-order valence-corrected chi connectivity index (χ2v) is 19.1. The van der Waals surface area contributed by atoms with Crippen LogP contribution in [0.25, 0.3) is 109 Å². The molecule has 11 aromatic rings. The summed E-state index contributed by atoms with van der Waals surface area (Å²) >= 11 is 0. The molecule has 0 aliphatic heterocycles. The molecule has 11 rings (SSSR count). The number of hydrogen-bond donors (Lipinski definition) is 0. The third kappa shape index (κ3) is 6.65. The molecule has 0 spiro atoms. The Morgan fingerprint density at radius 1 is 0.117 bits per heavy atom. The molecule has 1 aromatic heterocycles. The zero-order chi connectivity index (χ0) is 56.4. The Morgan fingerprint density at radius 3 is 0.714 bits per heavy atom. The third-order valence-electron chi connectivity index (χ3n) is 15.5. The summed E-state index contributed by atoms with van der Waals surface area (Å²) in [6, 6.07) is 0. The molecule has 0 amide bonds. The summed E-state index contributed by atoms with van der Waals surface area (Å²) in [5.74, 6) is 0. The van der Waals surface area contributed by atoms with Crippen molar-refractivity contribution in [1.82, 2.24) is 0 Å². The summed E-state index contributed by atoms with van der Waals surface area (Å²) in [5, 5.41) is 0.763. The van der Waals surface area contributed by atoms with Gasteiger partial charge < -0.3 is 4.42 Å². The second kappa shape index (κ2) is 17.9. The Bertz CT molecular complexity index is 4690. The summed E-state index contributed by atoms with van der Waals surface area (Å²) in [7, 11) is 193. The number of furan rings is 1. The molecule has 10 aromatic carbocycles. The van der Waals surface area contributed by atoms with Gasteiger partial charge in [0.05, 0.1) is 0 Å². The molecule has 282 valence electrons. The van der Waals surface area contributed by atoms with Crippen molar-refractivity contribution in [3.8, 4) is 22.3 Å². The van der Waals surface area contributed by atoms with Gasteiger partial charge in [0.2, 0.25) is 0 Å². The minimum absolute atomic E-state index is 0.00674. The summed E-state index contributed by atoms with van der Waals surface area (Å²) in [4.78, 5) is 0. The molecule has 0 atom stereocenters. The SMILES string of the molecule is [B]c1c(-c2c3c([B])c([B])c([B])c([B])c3c(-c3c([B])c4c([B])c([B])c5c([B])c([B])c([B])c([B])c5c4c4c([B])c([B])c([B])c([B])c34)c3c([B])c([B])c([B])c([B])c23)c([B])c2c(oc3c([B])c4c([B])c([B])c([B])c([B])c4c([B])c32)c1[B]. The molecule has 0 bridgehead atoms. The van der Waals surface area contributed by atoms with E-state index in [9.17, 15) is 0 Å². The van der Waals surface area contributed by atoms with Crippen molar-refractivity contribution >= 4 is 459 Å². The molecule has 0 saturated carbocycles. The van der Waals surface area contributed by atoms with E-state index >= 15 is 0 Å². The van der Waals surface area contributed by atoms with Crippen LogP contribution in [-0.2, 0) is 0 Å². The topological polar surface area (TPSA) is 13.1 Å². The first kappa shape index (κ1) is 54.3. The van der Waals surface area contributed by atoms with Crippen LogP contribution < -0.4 is 153 Å².